The fraction of sp³-hybridized carbons (Fsp3) is 0.333. The van der Waals surface area contributed by atoms with Crippen LogP contribution in [0.4, 0.5) is 5.69 Å². The van der Waals surface area contributed by atoms with Crippen molar-refractivity contribution in [3.8, 4) is 0 Å². The largest absolute Gasteiger partial charge is 0.399 e. The number of rotatable bonds is 5. The summed E-state index contributed by atoms with van der Waals surface area (Å²) in [5, 5.41) is 7.68. The molecule has 1 rings (SSSR count). The molecular weight excluding hydrogens is 218 g/mol. The fourth-order valence-corrected chi connectivity index (χ4v) is 1.13. The molecule has 0 heterocycles. The van der Waals surface area contributed by atoms with E-state index in [2.05, 4.69) is 15.1 Å². The minimum Gasteiger partial charge on any atom is -0.399 e. The molecule has 0 bridgehead atoms. The van der Waals surface area contributed by atoms with Crippen LogP contribution < -0.4 is 5.73 Å². The van der Waals surface area contributed by atoms with Crippen molar-refractivity contribution in [2.75, 3.05) is 12.8 Å². The summed E-state index contributed by atoms with van der Waals surface area (Å²) >= 11 is 0. The Balaban J connectivity index is 2.55. The molecule has 2 N–H and O–H groups in total. The number of nitrogens with zero attached hydrogens (tertiary/aromatic N) is 2. The quantitative estimate of drug-likeness (QED) is 0.483. The van der Waals surface area contributed by atoms with Gasteiger partial charge >= 0.3 is 0 Å². The van der Waals surface area contributed by atoms with Crippen molar-refractivity contribution in [1.82, 2.24) is 0 Å². The van der Waals surface area contributed by atoms with Gasteiger partial charge in [0.05, 0.1) is 0 Å². The third kappa shape index (κ3) is 4.14. The molecule has 0 unspecified atom stereocenters. The van der Waals surface area contributed by atoms with Gasteiger partial charge in [-0.2, -0.15) is 0 Å². The third-order valence-corrected chi connectivity index (χ3v) is 2.23. The van der Waals surface area contributed by atoms with Gasteiger partial charge < -0.3 is 15.4 Å². The van der Waals surface area contributed by atoms with Gasteiger partial charge in [-0.25, -0.2) is 0 Å². The van der Waals surface area contributed by atoms with Gasteiger partial charge in [0.1, 0.15) is 25.1 Å². The molecule has 0 radical (unpaired) electrons. The lowest BCUT2D eigenvalue weighted by Gasteiger charge is -2.04. The van der Waals surface area contributed by atoms with Gasteiger partial charge in [0, 0.05) is 11.3 Å². The highest BCUT2D eigenvalue weighted by Crippen LogP contribution is 2.11. The third-order valence-electron chi connectivity index (χ3n) is 2.23. The van der Waals surface area contributed by atoms with Crippen LogP contribution in [0.5, 0.6) is 0 Å². The zero-order chi connectivity index (χ0) is 12.7. The number of hydrogen-bond acceptors (Lipinski definition) is 5. The first kappa shape index (κ1) is 13.0. The Kier molecular flexibility index (Phi) is 5.00. The van der Waals surface area contributed by atoms with Crippen molar-refractivity contribution in [2.45, 2.75) is 20.5 Å². The normalized spacial score (nSPS) is 12.4. The maximum absolute atomic E-state index is 5.77. The van der Waals surface area contributed by atoms with Gasteiger partial charge in [-0.1, -0.05) is 28.5 Å². The smallest absolute Gasteiger partial charge is 0.144 e. The molecule has 17 heavy (non-hydrogen) atoms. The molecule has 1 aromatic rings. The lowest BCUT2D eigenvalue weighted by atomic mass is 10.2. The molecule has 0 fully saturated rings. The molecular formula is C12H17N3O2. The molecule has 0 saturated carbocycles. The Bertz CT molecular complexity index is 428. The van der Waals surface area contributed by atoms with Crippen LogP contribution in [-0.2, 0) is 16.3 Å². The summed E-state index contributed by atoms with van der Waals surface area (Å²) in [4.78, 5) is 9.84. The average molecular weight is 235 g/mol. The molecule has 0 atom stereocenters. The standard InChI is InChI=1S/C12H17N3O2/c1-9(14-16-3)10(2)15-17-8-11-6-4-5-7-12(11)13/h4-7H,8,13H2,1-3H3. The highest BCUT2D eigenvalue weighted by atomic mass is 16.6. The van der Waals surface area contributed by atoms with Gasteiger partial charge in [0.25, 0.3) is 0 Å². The molecule has 5 nitrogen and oxygen atoms in total. The topological polar surface area (TPSA) is 69.2 Å². The average Bonchev–Trinajstić information content (AvgIpc) is 2.31. The van der Waals surface area contributed by atoms with E-state index in [-0.39, 0.29) is 0 Å². The van der Waals surface area contributed by atoms with Gasteiger partial charge in [-0.05, 0) is 19.9 Å². The van der Waals surface area contributed by atoms with Gasteiger partial charge in [0.2, 0.25) is 0 Å². The van der Waals surface area contributed by atoms with Gasteiger partial charge in [-0.15, -0.1) is 0 Å². The Morgan fingerprint density at radius 3 is 2.47 bits per heavy atom. The van der Waals surface area contributed by atoms with Crippen LogP contribution in [0.2, 0.25) is 0 Å². The van der Waals surface area contributed by atoms with Crippen LogP contribution in [0.1, 0.15) is 19.4 Å². The SMILES string of the molecule is CON=C(C)C(C)=NOCc1ccccc1N. The van der Waals surface area contributed by atoms with E-state index in [9.17, 15) is 0 Å². The molecule has 5 heteroatoms. The molecule has 0 spiro atoms. The molecule has 0 aromatic heterocycles. The molecule has 0 aliphatic rings. The van der Waals surface area contributed by atoms with Crippen LogP contribution in [0.3, 0.4) is 0 Å². The first-order valence-corrected chi connectivity index (χ1v) is 5.23. The highest BCUT2D eigenvalue weighted by Gasteiger charge is 2.00. The molecule has 92 valence electrons. The van der Waals surface area contributed by atoms with E-state index >= 15 is 0 Å². The number of para-hydroxylation sites is 1. The Hall–Kier alpha value is -2.04. The van der Waals surface area contributed by atoms with Crippen molar-refractivity contribution >= 4 is 17.1 Å². The summed E-state index contributed by atoms with van der Waals surface area (Å²) in [6.45, 7) is 3.93. The second kappa shape index (κ2) is 6.52. The molecule has 0 aliphatic heterocycles. The minimum absolute atomic E-state index is 0.338. The Morgan fingerprint density at radius 1 is 1.18 bits per heavy atom. The van der Waals surface area contributed by atoms with Crippen LogP contribution >= 0.6 is 0 Å². The lowest BCUT2D eigenvalue weighted by Crippen LogP contribution is -2.07. The number of anilines is 1. The lowest BCUT2D eigenvalue weighted by molar-refractivity contribution is 0.131. The number of benzene rings is 1. The zero-order valence-electron chi connectivity index (χ0n) is 10.3. The molecule has 0 aliphatic carbocycles. The summed E-state index contributed by atoms with van der Waals surface area (Å²) in [6, 6.07) is 7.51. The predicted octanol–water partition coefficient (Wildman–Crippen LogP) is 2.18. The van der Waals surface area contributed by atoms with Crippen molar-refractivity contribution in [2.24, 2.45) is 10.3 Å². The van der Waals surface area contributed by atoms with Crippen molar-refractivity contribution in [3.63, 3.8) is 0 Å². The summed E-state index contributed by atoms with van der Waals surface area (Å²) in [5.41, 5.74) is 8.72. The Morgan fingerprint density at radius 2 is 1.82 bits per heavy atom. The summed E-state index contributed by atoms with van der Waals surface area (Å²) in [6.07, 6.45) is 0. The van der Waals surface area contributed by atoms with Crippen LogP contribution in [0.25, 0.3) is 0 Å². The van der Waals surface area contributed by atoms with E-state index < -0.39 is 0 Å². The molecule has 1 aromatic carbocycles. The number of nitrogen functional groups attached to an aromatic ring is 1. The van der Waals surface area contributed by atoms with Gasteiger partial charge in [-0.3, -0.25) is 0 Å². The van der Waals surface area contributed by atoms with E-state index in [0.29, 0.717) is 23.7 Å². The van der Waals surface area contributed by atoms with E-state index in [1.54, 1.807) is 13.8 Å². The zero-order valence-corrected chi connectivity index (χ0v) is 10.3. The molecule has 0 saturated heterocycles. The van der Waals surface area contributed by atoms with Gasteiger partial charge in [0.15, 0.2) is 0 Å². The fourth-order valence-electron chi connectivity index (χ4n) is 1.13. The maximum Gasteiger partial charge on any atom is 0.144 e. The maximum atomic E-state index is 5.77. The summed E-state index contributed by atoms with van der Waals surface area (Å²) < 4.78 is 0. The van der Waals surface area contributed by atoms with E-state index in [1.165, 1.54) is 7.11 Å². The number of nitrogens with two attached hydrogens (primary N) is 1. The van der Waals surface area contributed by atoms with Crippen molar-refractivity contribution in [3.05, 3.63) is 29.8 Å². The van der Waals surface area contributed by atoms with Crippen LogP contribution in [-0.4, -0.2) is 18.5 Å². The first-order chi connectivity index (χ1) is 8.15. The first-order valence-electron chi connectivity index (χ1n) is 5.23. The Labute approximate surface area is 101 Å². The second-order valence-electron chi connectivity index (χ2n) is 3.51. The number of oxime groups is 2. The summed E-state index contributed by atoms with van der Waals surface area (Å²) in [7, 11) is 1.49. The summed E-state index contributed by atoms with van der Waals surface area (Å²) in [5.74, 6) is 0. The van der Waals surface area contributed by atoms with E-state index in [1.807, 2.05) is 24.3 Å². The van der Waals surface area contributed by atoms with Crippen LogP contribution in [0, 0.1) is 0 Å². The number of hydrogen-bond donors (Lipinski definition) is 1. The second-order valence-corrected chi connectivity index (χ2v) is 3.51. The van der Waals surface area contributed by atoms with Crippen molar-refractivity contribution in [1.29, 1.82) is 0 Å². The van der Waals surface area contributed by atoms with E-state index in [4.69, 9.17) is 10.6 Å². The molecule has 0 amide bonds. The highest BCUT2D eigenvalue weighted by molar-refractivity contribution is 6.40. The monoisotopic (exact) mass is 235 g/mol. The van der Waals surface area contributed by atoms with E-state index in [0.717, 1.165) is 5.56 Å². The minimum atomic E-state index is 0.338. The van der Waals surface area contributed by atoms with Crippen molar-refractivity contribution < 1.29 is 9.68 Å². The predicted molar refractivity (Wildman–Crippen MR) is 68.9 cm³/mol. The van der Waals surface area contributed by atoms with Crippen LogP contribution in [0.15, 0.2) is 34.6 Å².